The molecule has 2 bridgehead atoms. The Hall–Kier alpha value is -0.250. The normalized spacial score (nSPS) is 37.2. The second kappa shape index (κ2) is 3.96. The summed E-state index contributed by atoms with van der Waals surface area (Å²) in [7, 11) is 0. The predicted molar refractivity (Wildman–Crippen MR) is 52.5 cm³/mol. The van der Waals surface area contributed by atoms with Gasteiger partial charge in [-0.1, -0.05) is 6.42 Å². The molecule has 2 aliphatic rings. The van der Waals surface area contributed by atoms with Crippen LogP contribution in [0, 0.1) is 11.8 Å². The molecule has 2 saturated carbocycles. The molecular weight excluding hydrogens is 203 g/mol. The average Bonchev–Trinajstić information content (AvgIpc) is 2.60. The predicted octanol–water partition coefficient (Wildman–Crippen LogP) is 3.11. The van der Waals surface area contributed by atoms with Gasteiger partial charge in [-0.15, -0.1) is 0 Å². The van der Waals surface area contributed by atoms with Crippen LogP contribution in [0.1, 0.15) is 39.0 Å². The minimum atomic E-state index is -4.04. The van der Waals surface area contributed by atoms with Gasteiger partial charge in [-0.05, 0) is 38.0 Å². The fourth-order valence-corrected chi connectivity index (χ4v) is 3.22. The number of hydrogen-bond acceptors (Lipinski definition) is 1. The maximum Gasteiger partial charge on any atom is 0.390 e. The highest BCUT2D eigenvalue weighted by atomic mass is 19.4. The lowest BCUT2D eigenvalue weighted by Gasteiger charge is -2.27. The van der Waals surface area contributed by atoms with Gasteiger partial charge in [0.2, 0.25) is 0 Å². The number of nitrogens with one attached hydrogen (secondary N) is 1. The zero-order valence-electron chi connectivity index (χ0n) is 8.98. The molecule has 0 aliphatic heterocycles. The van der Waals surface area contributed by atoms with Crippen molar-refractivity contribution in [1.82, 2.24) is 5.32 Å². The van der Waals surface area contributed by atoms with Crippen molar-refractivity contribution in [3.8, 4) is 0 Å². The summed E-state index contributed by atoms with van der Waals surface area (Å²) in [6, 6.07) is -0.0875. The van der Waals surface area contributed by atoms with Gasteiger partial charge in [-0.25, -0.2) is 0 Å². The molecule has 0 aromatic heterocycles. The van der Waals surface area contributed by atoms with Crippen molar-refractivity contribution in [3.05, 3.63) is 0 Å². The molecule has 1 nitrogen and oxygen atoms in total. The van der Waals surface area contributed by atoms with E-state index >= 15 is 0 Å². The van der Waals surface area contributed by atoms with E-state index in [2.05, 4.69) is 5.32 Å². The lowest BCUT2D eigenvalue weighted by molar-refractivity contribution is -0.139. The van der Waals surface area contributed by atoms with E-state index in [0.717, 1.165) is 12.3 Å². The summed E-state index contributed by atoms with van der Waals surface area (Å²) >= 11 is 0. The van der Waals surface area contributed by atoms with Gasteiger partial charge in [-0.2, -0.15) is 13.2 Å². The summed E-state index contributed by atoms with van der Waals surface area (Å²) in [5, 5.41) is 3.15. The molecule has 4 heteroatoms. The summed E-state index contributed by atoms with van der Waals surface area (Å²) in [6.45, 7) is 1.64. The minimum Gasteiger partial charge on any atom is -0.311 e. The molecule has 15 heavy (non-hydrogen) atoms. The quantitative estimate of drug-likeness (QED) is 0.772. The fourth-order valence-electron chi connectivity index (χ4n) is 3.22. The van der Waals surface area contributed by atoms with E-state index < -0.39 is 18.6 Å². The van der Waals surface area contributed by atoms with E-state index in [1.165, 1.54) is 19.3 Å². The molecule has 0 radical (unpaired) electrons. The summed E-state index contributed by atoms with van der Waals surface area (Å²) in [4.78, 5) is 0. The van der Waals surface area contributed by atoms with Gasteiger partial charge in [0.25, 0.3) is 0 Å². The number of alkyl halides is 3. The first-order valence-electron chi connectivity index (χ1n) is 5.77. The van der Waals surface area contributed by atoms with Crippen LogP contribution in [0.5, 0.6) is 0 Å². The van der Waals surface area contributed by atoms with E-state index in [1.807, 2.05) is 0 Å². The zero-order chi connectivity index (χ0) is 11.1. The van der Waals surface area contributed by atoms with Gasteiger partial charge in [-0.3, -0.25) is 0 Å². The molecule has 2 fully saturated rings. The maximum absolute atomic E-state index is 12.1. The van der Waals surface area contributed by atoms with Gasteiger partial charge < -0.3 is 5.32 Å². The maximum atomic E-state index is 12.1. The summed E-state index contributed by atoms with van der Waals surface area (Å²) in [5.41, 5.74) is 0. The van der Waals surface area contributed by atoms with E-state index in [0.29, 0.717) is 12.0 Å². The lowest BCUT2D eigenvalue weighted by Crippen LogP contribution is -2.41. The van der Waals surface area contributed by atoms with Crippen LogP contribution >= 0.6 is 0 Å². The average molecular weight is 221 g/mol. The van der Waals surface area contributed by atoms with E-state index in [1.54, 1.807) is 6.92 Å². The third kappa shape index (κ3) is 2.86. The van der Waals surface area contributed by atoms with Gasteiger partial charge in [0.15, 0.2) is 0 Å². The van der Waals surface area contributed by atoms with E-state index in [-0.39, 0.29) is 0 Å². The van der Waals surface area contributed by atoms with Crippen molar-refractivity contribution in [1.29, 1.82) is 0 Å². The van der Waals surface area contributed by atoms with Crippen LogP contribution in [0.3, 0.4) is 0 Å². The van der Waals surface area contributed by atoms with Crippen LogP contribution in [0.2, 0.25) is 0 Å². The van der Waals surface area contributed by atoms with Crippen LogP contribution in [0.15, 0.2) is 0 Å². The Labute approximate surface area is 88.4 Å². The molecule has 0 saturated heterocycles. The van der Waals surface area contributed by atoms with Crippen molar-refractivity contribution in [2.45, 2.75) is 57.3 Å². The molecule has 0 aromatic rings. The van der Waals surface area contributed by atoms with Gasteiger partial charge in [0.1, 0.15) is 0 Å². The largest absolute Gasteiger partial charge is 0.390 e. The molecule has 2 rings (SSSR count). The highest BCUT2D eigenvalue weighted by molar-refractivity contribution is 4.95. The monoisotopic (exact) mass is 221 g/mol. The first-order valence-corrected chi connectivity index (χ1v) is 5.77. The highest BCUT2D eigenvalue weighted by Crippen LogP contribution is 2.44. The molecule has 0 amide bonds. The van der Waals surface area contributed by atoms with E-state index in [4.69, 9.17) is 0 Å². The third-order valence-electron chi connectivity index (χ3n) is 3.77. The zero-order valence-corrected chi connectivity index (χ0v) is 8.98. The van der Waals surface area contributed by atoms with Crippen molar-refractivity contribution in [2.24, 2.45) is 11.8 Å². The van der Waals surface area contributed by atoms with Crippen molar-refractivity contribution in [3.63, 3.8) is 0 Å². The standard InChI is InChI=1S/C11H18F3N/c1-7(6-11(12,13)14)15-10-5-8-2-3-9(10)4-8/h7-10,15H,2-6H2,1H3. The molecule has 1 N–H and O–H groups in total. The fraction of sp³-hybridized carbons (Fsp3) is 1.00. The molecule has 4 unspecified atom stereocenters. The third-order valence-corrected chi connectivity index (χ3v) is 3.77. The number of hydrogen-bond donors (Lipinski definition) is 1. The lowest BCUT2D eigenvalue weighted by atomic mass is 9.94. The number of rotatable bonds is 3. The summed E-state index contributed by atoms with van der Waals surface area (Å²) in [5.74, 6) is 1.43. The molecular formula is C11H18F3N. The van der Waals surface area contributed by atoms with Crippen LogP contribution in [-0.2, 0) is 0 Å². The van der Waals surface area contributed by atoms with Gasteiger partial charge >= 0.3 is 6.18 Å². The topological polar surface area (TPSA) is 12.0 Å². The molecule has 0 aromatic carbocycles. The minimum absolute atomic E-state index is 0.348. The second-order valence-corrected chi connectivity index (χ2v) is 5.17. The summed E-state index contributed by atoms with van der Waals surface area (Å²) < 4.78 is 36.4. The molecule has 2 aliphatic carbocycles. The number of halogens is 3. The molecule has 0 heterocycles. The highest BCUT2D eigenvalue weighted by Gasteiger charge is 2.40. The van der Waals surface area contributed by atoms with Crippen LogP contribution < -0.4 is 5.32 Å². The molecule has 88 valence electrons. The summed E-state index contributed by atoms with van der Waals surface area (Å²) in [6.07, 6.45) is 0.0752. The van der Waals surface area contributed by atoms with Crippen molar-refractivity contribution in [2.75, 3.05) is 0 Å². The SMILES string of the molecule is CC(CC(F)(F)F)NC1CC2CCC1C2. The first kappa shape index (κ1) is 11.2. The second-order valence-electron chi connectivity index (χ2n) is 5.17. The Morgan fingerprint density at radius 2 is 2.00 bits per heavy atom. The Bertz CT molecular complexity index is 226. The first-order chi connectivity index (χ1) is 6.94. The van der Waals surface area contributed by atoms with Crippen LogP contribution in [0.25, 0.3) is 0 Å². The molecule has 0 spiro atoms. The van der Waals surface area contributed by atoms with Gasteiger partial charge in [0, 0.05) is 12.1 Å². The van der Waals surface area contributed by atoms with E-state index in [9.17, 15) is 13.2 Å². The van der Waals surface area contributed by atoms with Crippen molar-refractivity contribution >= 4 is 0 Å². The Morgan fingerprint density at radius 3 is 2.47 bits per heavy atom. The molecule has 4 atom stereocenters. The number of fused-ring (bicyclic) bond motifs is 2. The Kier molecular flexibility index (Phi) is 2.97. The van der Waals surface area contributed by atoms with Gasteiger partial charge in [0.05, 0.1) is 6.42 Å². The Morgan fingerprint density at radius 1 is 1.27 bits per heavy atom. The Balaban J connectivity index is 1.77. The van der Waals surface area contributed by atoms with Crippen molar-refractivity contribution < 1.29 is 13.2 Å². The smallest absolute Gasteiger partial charge is 0.311 e. The van der Waals surface area contributed by atoms with Crippen LogP contribution in [-0.4, -0.2) is 18.3 Å². The van der Waals surface area contributed by atoms with Crippen LogP contribution in [0.4, 0.5) is 13.2 Å².